The zero-order valence-electron chi connectivity index (χ0n) is 12.4. The topological polar surface area (TPSA) is 92.6 Å². The molecule has 0 aliphatic heterocycles. The van der Waals surface area contributed by atoms with E-state index in [0.29, 0.717) is 5.69 Å². The number of anilines is 2. The molecule has 0 spiro atoms. The van der Waals surface area contributed by atoms with Gasteiger partial charge in [-0.3, -0.25) is 10.1 Å². The molecule has 0 bridgehead atoms. The fraction of sp³-hybridized carbons (Fsp3) is 0.143. The second-order valence-corrected chi connectivity index (χ2v) is 7.45. The third-order valence-corrected chi connectivity index (χ3v) is 5.09. The summed E-state index contributed by atoms with van der Waals surface area (Å²) in [4.78, 5) is 10.6. The lowest BCUT2D eigenvalue weighted by molar-refractivity contribution is -0.383. The maximum absolute atomic E-state index is 12.1. The number of benzene rings is 2. The second kappa shape index (κ2) is 6.53. The third-order valence-electron chi connectivity index (χ3n) is 3.05. The van der Waals surface area contributed by atoms with Gasteiger partial charge in [0.15, 0.2) is 0 Å². The Bertz CT molecular complexity index is 853. The van der Waals surface area contributed by atoms with E-state index in [1.807, 2.05) is 0 Å². The summed E-state index contributed by atoms with van der Waals surface area (Å²) >= 11 is 5.77. The normalized spacial score (nSPS) is 11.5. The summed E-state index contributed by atoms with van der Waals surface area (Å²) < 4.78 is 25.4. The fourth-order valence-electron chi connectivity index (χ4n) is 1.86. The van der Waals surface area contributed by atoms with Crippen molar-refractivity contribution in [1.29, 1.82) is 0 Å². The Morgan fingerprint density at radius 3 is 2.48 bits per heavy atom. The molecule has 0 saturated heterocycles. The first-order valence-electron chi connectivity index (χ1n) is 6.45. The summed E-state index contributed by atoms with van der Waals surface area (Å²) in [6, 6.07) is 10.2. The Labute approximate surface area is 138 Å². The monoisotopic (exact) mass is 355 g/mol. The van der Waals surface area contributed by atoms with Crippen LogP contribution in [0.1, 0.15) is 0 Å². The zero-order chi connectivity index (χ0) is 17.2. The number of hydrogen-bond donors (Lipinski definition) is 1. The van der Waals surface area contributed by atoms with E-state index in [-0.39, 0.29) is 21.3 Å². The molecule has 0 radical (unpaired) electrons. The number of nitrogens with one attached hydrogen (secondary N) is 1. The summed E-state index contributed by atoms with van der Waals surface area (Å²) in [6.45, 7) is 0. The Kier molecular flexibility index (Phi) is 4.88. The minimum Gasteiger partial charge on any atom is -0.350 e. The van der Waals surface area contributed by atoms with Gasteiger partial charge in [0.05, 0.1) is 9.82 Å². The number of nitrogens with zero attached hydrogens (tertiary/aromatic N) is 2. The van der Waals surface area contributed by atoms with Crippen molar-refractivity contribution in [3.8, 4) is 0 Å². The van der Waals surface area contributed by atoms with Crippen LogP contribution in [0, 0.1) is 10.1 Å². The van der Waals surface area contributed by atoms with Crippen molar-refractivity contribution in [3.05, 3.63) is 57.6 Å². The first kappa shape index (κ1) is 17.2. The van der Waals surface area contributed by atoms with Gasteiger partial charge in [-0.1, -0.05) is 17.7 Å². The molecular weight excluding hydrogens is 342 g/mol. The van der Waals surface area contributed by atoms with Crippen molar-refractivity contribution in [2.24, 2.45) is 0 Å². The van der Waals surface area contributed by atoms with Crippen molar-refractivity contribution >= 4 is 38.7 Å². The lowest BCUT2D eigenvalue weighted by atomic mass is 10.2. The fourth-order valence-corrected chi connectivity index (χ4v) is 2.98. The maximum atomic E-state index is 12.1. The van der Waals surface area contributed by atoms with Gasteiger partial charge in [0.2, 0.25) is 10.0 Å². The standard InChI is InChI=1S/C14H14ClN3O4S/c1-17(2)23(21,22)12-5-3-4-11(9-12)16-13-7-6-10(15)8-14(13)18(19)20/h3-9,16H,1-2H3. The van der Waals surface area contributed by atoms with Crippen LogP contribution in [-0.4, -0.2) is 31.7 Å². The number of nitro groups is 1. The van der Waals surface area contributed by atoms with E-state index in [2.05, 4.69) is 5.32 Å². The molecule has 0 fully saturated rings. The molecule has 122 valence electrons. The Morgan fingerprint density at radius 2 is 1.87 bits per heavy atom. The lowest BCUT2D eigenvalue weighted by Gasteiger charge is -2.13. The second-order valence-electron chi connectivity index (χ2n) is 4.86. The molecule has 0 aliphatic rings. The largest absolute Gasteiger partial charge is 0.350 e. The molecule has 0 unspecified atom stereocenters. The molecular formula is C14H14ClN3O4S. The number of sulfonamides is 1. The molecule has 0 aliphatic carbocycles. The van der Waals surface area contributed by atoms with E-state index in [0.717, 1.165) is 4.31 Å². The van der Waals surface area contributed by atoms with Crippen LogP contribution in [0.4, 0.5) is 17.1 Å². The summed E-state index contributed by atoms with van der Waals surface area (Å²) in [5, 5.41) is 14.2. The predicted molar refractivity (Wildman–Crippen MR) is 88.7 cm³/mol. The molecule has 9 heteroatoms. The molecule has 1 N–H and O–H groups in total. The minimum atomic E-state index is -3.59. The molecule has 0 atom stereocenters. The first-order valence-corrected chi connectivity index (χ1v) is 8.27. The molecule has 0 saturated carbocycles. The highest BCUT2D eigenvalue weighted by Gasteiger charge is 2.18. The smallest absolute Gasteiger partial charge is 0.294 e. The minimum absolute atomic E-state index is 0.0871. The molecule has 2 aromatic carbocycles. The van der Waals surface area contributed by atoms with Crippen molar-refractivity contribution in [2.75, 3.05) is 19.4 Å². The summed E-state index contributed by atoms with van der Waals surface area (Å²) in [5.41, 5.74) is 0.440. The van der Waals surface area contributed by atoms with Gasteiger partial charge in [-0.25, -0.2) is 12.7 Å². The van der Waals surface area contributed by atoms with Crippen molar-refractivity contribution < 1.29 is 13.3 Å². The van der Waals surface area contributed by atoms with Crippen LogP contribution >= 0.6 is 11.6 Å². The summed E-state index contributed by atoms with van der Waals surface area (Å²) in [6.07, 6.45) is 0. The zero-order valence-corrected chi connectivity index (χ0v) is 13.9. The lowest BCUT2D eigenvalue weighted by Crippen LogP contribution is -2.22. The molecule has 0 amide bonds. The van der Waals surface area contributed by atoms with Gasteiger partial charge in [0, 0.05) is 30.9 Å². The Balaban J connectivity index is 2.41. The van der Waals surface area contributed by atoms with Crippen LogP contribution in [0.3, 0.4) is 0 Å². The van der Waals surface area contributed by atoms with Gasteiger partial charge in [0.1, 0.15) is 5.69 Å². The Hall–Kier alpha value is -2.16. The van der Waals surface area contributed by atoms with Gasteiger partial charge >= 0.3 is 0 Å². The summed E-state index contributed by atoms with van der Waals surface area (Å²) in [7, 11) is -0.726. The van der Waals surface area contributed by atoms with Crippen LogP contribution in [0.2, 0.25) is 5.02 Å². The average Bonchev–Trinajstić information content (AvgIpc) is 2.49. The van der Waals surface area contributed by atoms with Crippen LogP contribution in [-0.2, 0) is 10.0 Å². The van der Waals surface area contributed by atoms with E-state index in [4.69, 9.17) is 11.6 Å². The van der Waals surface area contributed by atoms with Crippen molar-refractivity contribution in [2.45, 2.75) is 4.90 Å². The van der Waals surface area contributed by atoms with E-state index in [9.17, 15) is 18.5 Å². The van der Waals surface area contributed by atoms with Gasteiger partial charge in [-0.15, -0.1) is 0 Å². The number of rotatable bonds is 5. The predicted octanol–water partition coefficient (Wildman–Crippen LogP) is 3.24. The van der Waals surface area contributed by atoms with E-state index in [1.54, 1.807) is 12.1 Å². The van der Waals surface area contributed by atoms with Crippen molar-refractivity contribution in [1.82, 2.24) is 4.31 Å². The highest BCUT2D eigenvalue weighted by Crippen LogP contribution is 2.31. The molecule has 0 aromatic heterocycles. The number of hydrogen-bond acceptors (Lipinski definition) is 5. The molecule has 2 aromatic rings. The van der Waals surface area contributed by atoms with Crippen LogP contribution < -0.4 is 5.32 Å². The van der Waals surface area contributed by atoms with Crippen LogP contribution in [0.25, 0.3) is 0 Å². The highest BCUT2D eigenvalue weighted by molar-refractivity contribution is 7.89. The van der Waals surface area contributed by atoms with Gasteiger partial charge < -0.3 is 5.32 Å². The van der Waals surface area contributed by atoms with Crippen LogP contribution in [0.15, 0.2) is 47.4 Å². The molecule has 2 rings (SSSR count). The molecule has 23 heavy (non-hydrogen) atoms. The molecule has 0 heterocycles. The van der Waals surface area contributed by atoms with E-state index < -0.39 is 14.9 Å². The number of halogens is 1. The third kappa shape index (κ3) is 3.79. The number of nitro benzene ring substituents is 1. The van der Waals surface area contributed by atoms with E-state index >= 15 is 0 Å². The maximum Gasteiger partial charge on any atom is 0.294 e. The van der Waals surface area contributed by atoms with Gasteiger partial charge in [-0.2, -0.15) is 0 Å². The Morgan fingerprint density at radius 1 is 1.17 bits per heavy atom. The van der Waals surface area contributed by atoms with Gasteiger partial charge in [-0.05, 0) is 30.3 Å². The van der Waals surface area contributed by atoms with Gasteiger partial charge in [0.25, 0.3) is 5.69 Å². The quantitative estimate of drug-likeness (QED) is 0.656. The molecule has 7 nitrogen and oxygen atoms in total. The van der Waals surface area contributed by atoms with Crippen molar-refractivity contribution in [3.63, 3.8) is 0 Å². The average molecular weight is 356 g/mol. The first-order chi connectivity index (χ1) is 10.7. The van der Waals surface area contributed by atoms with Crippen LogP contribution in [0.5, 0.6) is 0 Å². The van der Waals surface area contributed by atoms with E-state index in [1.165, 1.54) is 44.4 Å². The SMILES string of the molecule is CN(C)S(=O)(=O)c1cccc(Nc2ccc(Cl)cc2[N+](=O)[O-])c1. The highest BCUT2D eigenvalue weighted by atomic mass is 35.5. The summed E-state index contributed by atoms with van der Waals surface area (Å²) in [5.74, 6) is 0.